The van der Waals surface area contributed by atoms with E-state index in [9.17, 15) is 4.79 Å². The van der Waals surface area contributed by atoms with Crippen molar-refractivity contribution in [2.24, 2.45) is 5.73 Å². The predicted molar refractivity (Wildman–Crippen MR) is 93.5 cm³/mol. The Bertz CT molecular complexity index is 495. The molecule has 0 saturated carbocycles. The molecule has 3 nitrogen and oxygen atoms in total. The summed E-state index contributed by atoms with van der Waals surface area (Å²) in [6.07, 6.45) is 2.68. The number of halogens is 2. The minimum Gasteiger partial charge on any atom is -0.354 e. The molecule has 0 fully saturated rings. The Kier molecular flexibility index (Phi) is 7.34. The zero-order valence-corrected chi connectivity index (χ0v) is 14.9. The van der Waals surface area contributed by atoms with Crippen molar-refractivity contribution < 1.29 is 4.79 Å². The number of carbonyl (C=O) groups excluding carboxylic acids is 1. The van der Waals surface area contributed by atoms with Crippen LogP contribution < -0.4 is 11.1 Å². The normalized spacial score (nSPS) is 13.0. The molecule has 118 valence electrons. The lowest BCUT2D eigenvalue weighted by Crippen LogP contribution is -2.45. The van der Waals surface area contributed by atoms with Crippen molar-refractivity contribution in [2.75, 3.05) is 18.6 Å². The maximum Gasteiger partial charge on any atom is 0.236 e. The quantitative estimate of drug-likeness (QED) is 0.793. The van der Waals surface area contributed by atoms with Crippen LogP contribution in [0.1, 0.15) is 25.8 Å². The molecule has 0 aliphatic heterocycles. The molecule has 1 atom stereocenters. The van der Waals surface area contributed by atoms with Gasteiger partial charge in [0, 0.05) is 12.0 Å². The van der Waals surface area contributed by atoms with Gasteiger partial charge >= 0.3 is 0 Å². The van der Waals surface area contributed by atoms with Crippen molar-refractivity contribution in [3.63, 3.8) is 0 Å². The zero-order chi connectivity index (χ0) is 16.0. The molecule has 21 heavy (non-hydrogen) atoms. The highest BCUT2D eigenvalue weighted by Gasteiger charge is 2.23. The molecule has 1 amide bonds. The van der Waals surface area contributed by atoms with Gasteiger partial charge in [0.15, 0.2) is 0 Å². The smallest absolute Gasteiger partial charge is 0.236 e. The molecule has 0 heterocycles. The first-order valence-corrected chi connectivity index (χ1v) is 8.90. The number of thioether (sulfide) groups is 1. The van der Waals surface area contributed by atoms with Gasteiger partial charge < -0.3 is 11.1 Å². The first kappa shape index (κ1) is 18.6. The lowest BCUT2D eigenvalue weighted by atomic mass is 9.84. The van der Waals surface area contributed by atoms with Gasteiger partial charge in [-0.1, -0.05) is 43.1 Å². The standard InChI is InChI=1S/C15H22Cl2N2OS/c1-15(2,10-4-5-11(16)12(17)8-10)9-19-14(20)13(18)6-7-21-3/h4-5,8,13H,6-7,9,18H2,1-3H3,(H,19,20)/t13-/m0/s1. The Morgan fingerprint density at radius 2 is 2.05 bits per heavy atom. The molecule has 0 radical (unpaired) electrons. The largest absolute Gasteiger partial charge is 0.354 e. The number of benzene rings is 1. The van der Waals surface area contributed by atoms with E-state index >= 15 is 0 Å². The predicted octanol–water partition coefficient (Wildman–Crippen LogP) is 3.47. The molecule has 6 heteroatoms. The summed E-state index contributed by atoms with van der Waals surface area (Å²) < 4.78 is 0. The van der Waals surface area contributed by atoms with E-state index in [0.29, 0.717) is 23.0 Å². The first-order chi connectivity index (χ1) is 9.77. The highest BCUT2D eigenvalue weighted by molar-refractivity contribution is 7.98. The summed E-state index contributed by atoms with van der Waals surface area (Å²) in [6, 6.07) is 5.08. The van der Waals surface area contributed by atoms with Gasteiger partial charge in [-0.05, 0) is 36.1 Å². The molecule has 0 aliphatic carbocycles. The Hall–Kier alpha value is -0.420. The maximum absolute atomic E-state index is 12.0. The molecule has 0 spiro atoms. The van der Waals surface area contributed by atoms with E-state index < -0.39 is 6.04 Å². The number of hydrogen-bond acceptors (Lipinski definition) is 3. The number of nitrogens with one attached hydrogen (secondary N) is 1. The maximum atomic E-state index is 12.0. The van der Waals surface area contributed by atoms with E-state index in [-0.39, 0.29) is 11.3 Å². The van der Waals surface area contributed by atoms with Crippen LogP contribution in [0.25, 0.3) is 0 Å². The van der Waals surface area contributed by atoms with Crippen LogP contribution in [0.5, 0.6) is 0 Å². The summed E-state index contributed by atoms with van der Waals surface area (Å²) in [6.45, 7) is 4.58. The monoisotopic (exact) mass is 348 g/mol. The second-order valence-corrected chi connectivity index (χ2v) is 7.42. The number of rotatable bonds is 7. The average molecular weight is 349 g/mol. The van der Waals surface area contributed by atoms with Gasteiger partial charge in [-0.15, -0.1) is 0 Å². The second kappa shape index (κ2) is 8.28. The summed E-state index contributed by atoms with van der Waals surface area (Å²) in [7, 11) is 0. The molecular weight excluding hydrogens is 327 g/mol. The SMILES string of the molecule is CSCC[C@H](N)C(=O)NCC(C)(C)c1ccc(Cl)c(Cl)c1. The van der Waals surface area contributed by atoms with Crippen molar-refractivity contribution >= 4 is 40.9 Å². The van der Waals surface area contributed by atoms with E-state index in [1.807, 2.05) is 32.2 Å². The van der Waals surface area contributed by atoms with Crippen LogP contribution in [0.2, 0.25) is 10.0 Å². The first-order valence-electron chi connectivity index (χ1n) is 6.75. The topological polar surface area (TPSA) is 55.1 Å². The molecule has 0 bridgehead atoms. The third-order valence-electron chi connectivity index (χ3n) is 3.38. The summed E-state index contributed by atoms with van der Waals surface area (Å²) in [5.74, 6) is 0.766. The molecule has 3 N–H and O–H groups in total. The minimum absolute atomic E-state index is 0.114. The fourth-order valence-corrected chi connectivity index (χ4v) is 2.62. The summed E-state index contributed by atoms with van der Waals surface area (Å²) >= 11 is 13.7. The van der Waals surface area contributed by atoms with Crippen molar-refractivity contribution in [1.82, 2.24) is 5.32 Å². The van der Waals surface area contributed by atoms with Gasteiger partial charge in [0.1, 0.15) is 0 Å². The van der Waals surface area contributed by atoms with Crippen LogP contribution >= 0.6 is 35.0 Å². The Balaban J connectivity index is 2.63. The molecule has 1 rings (SSSR count). The Morgan fingerprint density at radius 1 is 1.38 bits per heavy atom. The van der Waals surface area contributed by atoms with Crippen molar-refractivity contribution in [2.45, 2.75) is 31.7 Å². The van der Waals surface area contributed by atoms with Gasteiger partial charge in [-0.2, -0.15) is 11.8 Å². The fraction of sp³-hybridized carbons (Fsp3) is 0.533. The van der Waals surface area contributed by atoms with Crippen LogP contribution in [-0.4, -0.2) is 30.5 Å². The molecule has 0 aliphatic rings. The molecule has 0 saturated heterocycles. The van der Waals surface area contributed by atoms with Crippen molar-refractivity contribution in [1.29, 1.82) is 0 Å². The van der Waals surface area contributed by atoms with E-state index in [0.717, 1.165) is 11.3 Å². The number of nitrogens with two attached hydrogens (primary N) is 1. The van der Waals surface area contributed by atoms with Gasteiger partial charge in [0.25, 0.3) is 0 Å². The van der Waals surface area contributed by atoms with E-state index in [2.05, 4.69) is 5.32 Å². The number of hydrogen-bond donors (Lipinski definition) is 2. The fourth-order valence-electron chi connectivity index (χ4n) is 1.83. The Morgan fingerprint density at radius 3 is 2.62 bits per heavy atom. The molecule has 1 aromatic carbocycles. The van der Waals surface area contributed by atoms with Gasteiger partial charge in [0.05, 0.1) is 16.1 Å². The third-order valence-corrected chi connectivity index (χ3v) is 4.76. The van der Waals surface area contributed by atoms with Gasteiger partial charge in [-0.3, -0.25) is 4.79 Å². The van der Waals surface area contributed by atoms with Crippen molar-refractivity contribution in [3.05, 3.63) is 33.8 Å². The summed E-state index contributed by atoms with van der Waals surface area (Å²) in [4.78, 5) is 12.0. The Labute approximate surface area is 140 Å². The lowest BCUT2D eigenvalue weighted by molar-refractivity contribution is -0.122. The molecule has 0 aromatic heterocycles. The zero-order valence-electron chi connectivity index (χ0n) is 12.6. The van der Waals surface area contributed by atoms with Gasteiger partial charge in [0.2, 0.25) is 5.91 Å². The van der Waals surface area contributed by atoms with Crippen LogP contribution in [0.15, 0.2) is 18.2 Å². The molecule has 1 aromatic rings. The highest BCUT2D eigenvalue weighted by Crippen LogP contribution is 2.29. The van der Waals surface area contributed by atoms with Crippen LogP contribution in [-0.2, 0) is 10.2 Å². The van der Waals surface area contributed by atoms with E-state index in [1.54, 1.807) is 17.8 Å². The lowest BCUT2D eigenvalue weighted by Gasteiger charge is -2.27. The third kappa shape index (κ3) is 5.70. The van der Waals surface area contributed by atoms with Crippen LogP contribution in [0.4, 0.5) is 0 Å². The van der Waals surface area contributed by atoms with E-state index in [4.69, 9.17) is 28.9 Å². The summed E-state index contributed by atoms with van der Waals surface area (Å²) in [5.41, 5.74) is 6.63. The van der Waals surface area contributed by atoms with Crippen LogP contribution in [0.3, 0.4) is 0 Å². The summed E-state index contributed by atoms with van der Waals surface area (Å²) in [5, 5.41) is 3.96. The molecule has 0 unspecified atom stereocenters. The number of carbonyl (C=O) groups is 1. The average Bonchev–Trinajstić information content (AvgIpc) is 2.44. The highest BCUT2D eigenvalue weighted by atomic mass is 35.5. The van der Waals surface area contributed by atoms with Gasteiger partial charge in [-0.25, -0.2) is 0 Å². The van der Waals surface area contributed by atoms with Crippen molar-refractivity contribution in [3.8, 4) is 0 Å². The number of amides is 1. The minimum atomic E-state index is -0.456. The van der Waals surface area contributed by atoms with Crippen LogP contribution in [0, 0.1) is 0 Å². The molecular formula is C15H22Cl2N2OS. The second-order valence-electron chi connectivity index (χ2n) is 5.62. The van der Waals surface area contributed by atoms with E-state index in [1.165, 1.54) is 0 Å².